The summed E-state index contributed by atoms with van der Waals surface area (Å²) in [6.45, 7) is 0. The number of hydrogen-bond acceptors (Lipinski definition) is 1. The zero-order valence-electron chi connectivity index (χ0n) is 8.77. The van der Waals surface area contributed by atoms with Crippen molar-refractivity contribution < 1.29 is 4.79 Å². The number of urea groups is 1. The summed E-state index contributed by atoms with van der Waals surface area (Å²) >= 11 is 0. The van der Waals surface area contributed by atoms with Crippen molar-refractivity contribution in [2.24, 2.45) is 9.98 Å². The fraction of sp³-hybridized carbons (Fsp3) is 0. The van der Waals surface area contributed by atoms with Gasteiger partial charge in [-0.15, -0.1) is 0 Å². The molecule has 0 aliphatic carbocycles. The third-order valence-electron chi connectivity index (χ3n) is 3.10. The Labute approximate surface area is 95.3 Å². The number of benzene rings is 2. The van der Waals surface area contributed by atoms with Gasteiger partial charge in [-0.25, -0.2) is 4.79 Å². The van der Waals surface area contributed by atoms with Crippen molar-refractivity contribution in [2.45, 2.75) is 0 Å². The molecule has 0 saturated carbocycles. The van der Waals surface area contributed by atoms with Crippen molar-refractivity contribution in [3.8, 4) is 0 Å². The Morgan fingerprint density at radius 2 is 1.82 bits per heavy atom. The maximum absolute atomic E-state index is 11.2. The van der Waals surface area contributed by atoms with Gasteiger partial charge in [0.05, 0.1) is 10.9 Å². The molecule has 0 spiro atoms. The van der Waals surface area contributed by atoms with Gasteiger partial charge in [-0.05, 0) is 18.2 Å². The van der Waals surface area contributed by atoms with Crippen molar-refractivity contribution in [3.05, 3.63) is 47.2 Å². The molecule has 0 unspecified atom stereocenters. The van der Waals surface area contributed by atoms with Gasteiger partial charge in [-0.3, -0.25) is 0 Å². The summed E-state index contributed by atoms with van der Waals surface area (Å²) in [6, 6.07) is 9.43. The average molecular weight is 221 g/mol. The monoisotopic (exact) mass is 221 g/mol. The Morgan fingerprint density at radius 1 is 0.941 bits per heavy atom. The number of hydrogen-bond donors (Lipinski definition) is 1. The molecular formula is C13H7N3O. The van der Waals surface area contributed by atoms with Gasteiger partial charge in [-0.1, -0.05) is 12.1 Å². The van der Waals surface area contributed by atoms with Gasteiger partial charge >= 0.3 is 6.03 Å². The van der Waals surface area contributed by atoms with E-state index in [-0.39, 0.29) is 0 Å². The number of amides is 2. The summed E-state index contributed by atoms with van der Waals surface area (Å²) in [5, 5.41) is 4.53. The number of carbonyl (C=O) groups excluding carboxylic acids is 1. The quantitative estimate of drug-likeness (QED) is 0.617. The van der Waals surface area contributed by atoms with Crippen molar-refractivity contribution in [3.63, 3.8) is 0 Å². The molecule has 0 saturated heterocycles. The second-order valence-corrected chi connectivity index (χ2v) is 4.04. The van der Waals surface area contributed by atoms with E-state index in [4.69, 9.17) is 0 Å². The molecule has 0 fully saturated rings. The van der Waals surface area contributed by atoms with E-state index in [2.05, 4.69) is 15.0 Å². The van der Waals surface area contributed by atoms with E-state index >= 15 is 0 Å². The summed E-state index contributed by atoms with van der Waals surface area (Å²) in [7, 11) is 0. The lowest BCUT2D eigenvalue weighted by Crippen LogP contribution is -2.21. The summed E-state index contributed by atoms with van der Waals surface area (Å²) in [4.78, 5) is 22.2. The number of rotatable bonds is 0. The van der Waals surface area contributed by atoms with Gasteiger partial charge in [-0.2, -0.15) is 9.98 Å². The summed E-state index contributed by atoms with van der Waals surface area (Å²) in [6.07, 6.45) is 1.91. The van der Waals surface area contributed by atoms with Crippen LogP contribution in [0.25, 0.3) is 21.7 Å². The van der Waals surface area contributed by atoms with E-state index < -0.39 is 6.03 Å². The molecule has 17 heavy (non-hydrogen) atoms. The van der Waals surface area contributed by atoms with Crippen LogP contribution in [0.15, 0.2) is 46.5 Å². The SMILES string of the molecule is O=C1N=c2ccc3c(ccc4cc[nH]c43)c2=N1. The number of aromatic amines is 1. The van der Waals surface area contributed by atoms with E-state index in [9.17, 15) is 4.79 Å². The van der Waals surface area contributed by atoms with Crippen LogP contribution in [0.4, 0.5) is 4.79 Å². The Morgan fingerprint density at radius 3 is 2.76 bits per heavy atom. The number of fused-ring (bicyclic) bond motifs is 5. The molecule has 2 aromatic carbocycles. The highest BCUT2D eigenvalue weighted by atomic mass is 16.2. The first-order valence-corrected chi connectivity index (χ1v) is 5.33. The topological polar surface area (TPSA) is 57.6 Å². The minimum atomic E-state index is -0.418. The number of nitrogens with zero attached hydrogens (tertiary/aromatic N) is 2. The van der Waals surface area contributed by atoms with Crippen LogP contribution < -0.4 is 10.7 Å². The molecule has 0 bridgehead atoms. The van der Waals surface area contributed by atoms with Crippen molar-refractivity contribution in [1.29, 1.82) is 0 Å². The van der Waals surface area contributed by atoms with Gasteiger partial charge in [0.1, 0.15) is 5.36 Å². The number of aromatic nitrogens is 1. The third kappa shape index (κ3) is 1.04. The van der Waals surface area contributed by atoms with Crippen LogP contribution in [0.1, 0.15) is 0 Å². The third-order valence-corrected chi connectivity index (χ3v) is 3.10. The molecule has 1 N–H and O–H groups in total. The Kier molecular flexibility index (Phi) is 1.42. The van der Waals surface area contributed by atoms with Gasteiger partial charge in [0.2, 0.25) is 0 Å². The standard InChI is InChI=1S/C13H7N3O/c17-13-15-10-4-3-8-9(12(10)16-13)2-1-7-5-6-14-11(7)8/h1-6,14H. The van der Waals surface area contributed by atoms with E-state index in [0.29, 0.717) is 10.7 Å². The Bertz CT molecular complexity index is 905. The maximum Gasteiger partial charge on any atom is 0.368 e. The predicted octanol–water partition coefficient (Wildman–Crippen LogP) is 1.69. The van der Waals surface area contributed by atoms with Gasteiger partial charge in [0.25, 0.3) is 0 Å². The second kappa shape index (κ2) is 2.79. The number of nitrogens with one attached hydrogen (secondary N) is 1. The van der Waals surface area contributed by atoms with Gasteiger partial charge in [0.15, 0.2) is 0 Å². The van der Waals surface area contributed by atoms with Gasteiger partial charge < -0.3 is 4.98 Å². The van der Waals surface area contributed by atoms with Crippen LogP contribution in [-0.4, -0.2) is 11.0 Å². The molecule has 0 atom stereocenters. The molecule has 0 radical (unpaired) electrons. The first kappa shape index (κ1) is 8.64. The highest BCUT2D eigenvalue weighted by molar-refractivity contribution is 6.05. The molecule has 1 aliphatic heterocycles. The van der Waals surface area contributed by atoms with Gasteiger partial charge in [0, 0.05) is 22.4 Å². The molecular weight excluding hydrogens is 214 g/mol. The minimum absolute atomic E-state index is 0.418. The van der Waals surface area contributed by atoms with Crippen molar-refractivity contribution in [1.82, 2.24) is 4.98 Å². The van der Waals surface area contributed by atoms with Crippen LogP contribution in [0.5, 0.6) is 0 Å². The van der Waals surface area contributed by atoms with Crippen LogP contribution >= 0.6 is 0 Å². The Hall–Kier alpha value is -2.49. The van der Waals surface area contributed by atoms with Crippen LogP contribution in [0, 0.1) is 0 Å². The lowest BCUT2D eigenvalue weighted by atomic mass is 10.1. The van der Waals surface area contributed by atoms with E-state index in [1.165, 1.54) is 0 Å². The van der Waals surface area contributed by atoms with Crippen molar-refractivity contribution in [2.75, 3.05) is 0 Å². The summed E-state index contributed by atoms with van der Waals surface area (Å²) in [5.41, 5.74) is 1.07. The summed E-state index contributed by atoms with van der Waals surface area (Å²) < 4.78 is 0. The zero-order chi connectivity index (χ0) is 11.4. The second-order valence-electron chi connectivity index (χ2n) is 4.04. The number of carbonyl (C=O) groups is 1. The first-order valence-electron chi connectivity index (χ1n) is 5.33. The minimum Gasteiger partial charge on any atom is -0.361 e. The largest absolute Gasteiger partial charge is 0.368 e. The predicted molar refractivity (Wildman–Crippen MR) is 63.5 cm³/mol. The Balaban J connectivity index is 2.36. The van der Waals surface area contributed by atoms with E-state index in [1.807, 2.05) is 36.5 Å². The van der Waals surface area contributed by atoms with Crippen LogP contribution in [0.2, 0.25) is 0 Å². The molecule has 80 valence electrons. The molecule has 1 aliphatic rings. The highest BCUT2D eigenvalue weighted by Crippen LogP contribution is 2.21. The smallest absolute Gasteiger partial charge is 0.361 e. The zero-order valence-corrected chi connectivity index (χ0v) is 8.77. The molecule has 1 aromatic heterocycles. The first-order chi connectivity index (χ1) is 8.33. The average Bonchev–Trinajstić information content (AvgIpc) is 2.92. The normalized spacial score (nSPS) is 13.8. The fourth-order valence-electron chi connectivity index (χ4n) is 2.34. The molecule has 4 rings (SSSR count). The van der Waals surface area contributed by atoms with E-state index in [1.54, 1.807) is 0 Å². The van der Waals surface area contributed by atoms with Crippen LogP contribution in [0.3, 0.4) is 0 Å². The van der Waals surface area contributed by atoms with E-state index in [0.717, 1.165) is 21.7 Å². The number of H-pyrrole nitrogens is 1. The lowest BCUT2D eigenvalue weighted by Gasteiger charge is -1.98. The molecule has 2 amide bonds. The molecule has 3 aromatic rings. The fourth-order valence-corrected chi connectivity index (χ4v) is 2.34. The maximum atomic E-state index is 11.2. The molecule has 4 nitrogen and oxygen atoms in total. The summed E-state index contributed by atoms with van der Waals surface area (Å²) in [5.74, 6) is 0. The van der Waals surface area contributed by atoms with Crippen LogP contribution in [-0.2, 0) is 0 Å². The van der Waals surface area contributed by atoms with Crippen molar-refractivity contribution >= 4 is 27.7 Å². The lowest BCUT2D eigenvalue weighted by molar-refractivity contribution is 0.257. The highest BCUT2D eigenvalue weighted by Gasteiger charge is 2.09. The molecule has 2 heterocycles. The molecule has 4 heteroatoms.